The Balaban J connectivity index is 1.88. The van der Waals surface area contributed by atoms with E-state index in [-0.39, 0.29) is 5.91 Å². The number of rotatable bonds is 3. The highest BCUT2D eigenvalue weighted by Gasteiger charge is 2.26. The predicted molar refractivity (Wildman–Crippen MR) is 62.4 cm³/mol. The number of carbonyl (C=O) groups is 1. The van der Waals surface area contributed by atoms with Gasteiger partial charge in [0.1, 0.15) is 6.04 Å². The summed E-state index contributed by atoms with van der Waals surface area (Å²) in [5.74, 6) is 0.00727. The van der Waals surface area contributed by atoms with Gasteiger partial charge in [0.15, 0.2) is 0 Å². The molecule has 0 bridgehead atoms. The zero-order valence-corrected chi connectivity index (χ0v) is 10.2. The highest BCUT2D eigenvalue weighted by Crippen LogP contribution is 2.10. The SMILES string of the molecule is N#CC1COCCN1C(=O)CCc1cscn1. The highest BCUT2D eigenvalue weighted by molar-refractivity contribution is 7.07. The molecule has 0 aliphatic carbocycles. The van der Waals surface area contributed by atoms with Crippen LogP contribution in [0, 0.1) is 11.3 Å². The summed E-state index contributed by atoms with van der Waals surface area (Å²) in [6, 6.07) is 1.66. The summed E-state index contributed by atoms with van der Waals surface area (Å²) >= 11 is 1.52. The number of carbonyl (C=O) groups excluding carboxylic acids is 1. The lowest BCUT2D eigenvalue weighted by molar-refractivity contribution is -0.137. The lowest BCUT2D eigenvalue weighted by Gasteiger charge is -2.31. The fourth-order valence-electron chi connectivity index (χ4n) is 1.75. The number of nitrogens with zero attached hydrogens (tertiary/aromatic N) is 3. The third kappa shape index (κ3) is 3.02. The van der Waals surface area contributed by atoms with Crippen molar-refractivity contribution in [2.24, 2.45) is 0 Å². The molecule has 1 saturated heterocycles. The summed E-state index contributed by atoms with van der Waals surface area (Å²) < 4.78 is 5.18. The molecule has 1 amide bonds. The van der Waals surface area contributed by atoms with Gasteiger partial charge in [-0.25, -0.2) is 4.98 Å². The molecule has 1 fully saturated rings. The molecule has 1 atom stereocenters. The van der Waals surface area contributed by atoms with Crippen LogP contribution in [-0.2, 0) is 16.0 Å². The number of nitriles is 1. The van der Waals surface area contributed by atoms with Crippen LogP contribution in [0.15, 0.2) is 10.9 Å². The minimum atomic E-state index is -0.438. The molecule has 1 aliphatic rings. The van der Waals surface area contributed by atoms with Crippen LogP contribution in [0.4, 0.5) is 0 Å². The Morgan fingerprint density at radius 3 is 3.35 bits per heavy atom. The number of aryl methyl sites for hydroxylation is 1. The van der Waals surface area contributed by atoms with Crippen molar-refractivity contribution in [2.45, 2.75) is 18.9 Å². The van der Waals surface area contributed by atoms with E-state index in [9.17, 15) is 4.79 Å². The third-order valence-corrected chi connectivity index (χ3v) is 3.31. The number of ether oxygens (including phenoxy) is 1. The van der Waals surface area contributed by atoms with Crippen molar-refractivity contribution >= 4 is 17.2 Å². The van der Waals surface area contributed by atoms with Crippen LogP contribution in [0.5, 0.6) is 0 Å². The summed E-state index contributed by atoms with van der Waals surface area (Å²) in [6.07, 6.45) is 1.04. The smallest absolute Gasteiger partial charge is 0.224 e. The van der Waals surface area contributed by atoms with Crippen molar-refractivity contribution in [3.8, 4) is 6.07 Å². The first-order valence-corrected chi connectivity index (χ1v) is 6.39. The second-order valence-corrected chi connectivity index (χ2v) is 4.51. The number of hydrogen-bond acceptors (Lipinski definition) is 5. The molecular formula is C11H13N3O2S. The van der Waals surface area contributed by atoms with Crippen molar-refractivity contribution in [2.75, 3.05) is 19.8 Å². The van der Waals surface area contributed by atoms with Crippen molar-refractivity contribution in [3.05, 3.63) is 16.6 Å². The van der Waals surface area contributed by atoms with Crippen molar-refractivity contribution in [3.63, 3.8) is 0 Å². The van der Waals surface area contributed by atoms with Crippen LogP contribution in [-0.4, -0.2) is 41.6 Å². The molecule has 1 unspecified atom stereocenters. The lowest BCUT2D eigenvalue weighted by atomic mass is 10.2. The van der Waals surface area contributed by atoms with Gasteiger partial charge in [-0.3, -0.25) is 4.79 Å². The van der Waals surface area contributed by atoms with E-state index in [0.29, 0.717) is 32.6 Å². The van der Waals surface area contributed by atoms with E-state index >= 15 is 0 Å². The summed E-state index contributed by atoms with van der Waals surface area (Å²) in [5, 5.41) is 10.9. The van der Waals surface area contributed by atoms with E-state index in [1.807, 2.05) is 5.38 Å². The molecule has 1 aliphatic heterocycles. The average molecular weight is 251 g/mol. The lowest BCUT2D eigenvalue weighted by Crippen LogP contribution is -2.48. The monoisotopic (exact) mass is 251 g/mol. The maximum Gasteiger partial charge on any atom is 0.224 e. The van der Waals surface area contributed by atoms with Crippen LogP contribution >= 0.6 is 11.3 Å². The molecule has 5 nitrogen and oxygen atoms in total. The van der Waals surface area contributed by atoms with Crippen molar-refractivity contribution in [1.82, 2.24) is 9.88 Å². The summed E-state index contributed by atoms with van der Waals surface area (Å²) in [4.78, 5) is 17.7. The largest absolute Gasteiger partial charge is 0.376 e. The number of hydrogen-bond donors (Lipinski definition) is 0. The molecule has 1 aromatic heterocycles. The second-order valence-electron chi connectivity index (χ2n) is 3.79. The molecule has 90 valence electrons. The van der Waals surface area contributed by atoms with Gasteiger partial charge >= 0.3 is 0 Å². The van der Waals surface area contributed by atoms with E-state index in [0.717, 1.165) is 5.69 Å². The molecular weight excluding hydrogens is 238 g/mol. The fraction of sp³-hybridized carbons (Fsp3) is 0.545. The minimum absolute atomic E-state index is 0.00727. The zero-order valence-electron chi connectivity index (χ0n) is 9.33. The Kier molecular flexibility index (Phi) is 4.07. The molecule has 6 heteroatoms. The maximum atomic E-state index is 12.0. The zero-order chi connectivity index (χ0) is 12.1. The van der Waals surface area contributed by atoms with E-state index in [1.165, 1.54) is 11.3 Å². The van der Waals surface area contributed by atoms with Gasteiger partial charge < -0.3 is 9.64 Å². The number of amides is 1. The fourth-order valence-corrected chi connectivity index (χ4v) is 2.34. The van der Waals surface area contributed by atoms with E-state index < -0.39 is 6.04 Å². The Morgan fingerprint density at radius 1 is 1.76 bits per heavy atom. The van der Waals surface area contributed by atoms with Crippen LogP contribution in [0.1, 0.15) is 12.1 Å². The molecule has 1 aromatic rings. The van der Waals surface area contributed by atoms with Crippen molar-refractivity contribution in [1.29, 1.82) is 5.26 Å². The molecule has 0 aromatic carbocycles. The van der Waals surface area contributed by atoms with Crippen LogP contribution in [0.2, 0.25) is 0 Å². The van der Waals surface area contributed by atoms with Gasteiger partial charge in [0.2, 0.25) is 5.91 Å². The first kappa shape index (κ1) is 12.0. The Labute approximate surface area is 104 Å². The van der Waals surface area contributed by atoms with Crippen molar-refractivity contribution < 1.29 is 9.53 Å². The highest BCUT2D eigenvalue weighted by atomic mass is 32.1. The Hall–Kier alpha value is -1.45. The van der Waals surface area contributed by atoms with Gasteiger partial charge in [0, 0.05) is 18.3 Å². The molecule has 0 radical (unpaired) electrons. The summed E-state index contributed by atoms with van der Waals surface area (Å²) in [6.45, 7) is 1.34. The molecule has 2 rings (SSSR count). The number of thiazole rings is 1. The van der Waals surface area contributed by atoms with Gasteiger partial charge in [0.25, 0.3) is 0 Å². The van der Waals surface area contributed by atoms with Gasteiger partial charge in [-0.15, -0.1) is 11.3 Å². The van der Waals surface area contributed by atoms with Gasteiger partial charge in [-0.2, -0.15) is 5.26 Å². The normalized spacial score (nSPS) is 19.9. The molecule has 0 spiro atoms. The van der Waals surface area contributed by atoms with E-state index in [2.05, 4.69) is 11.1 Å². The standard InChI is InChI=1S/C11H13N3O2S/c12-5-10-6-16-4-3-14(10)11(15)2-1-9-7-17-8-13-9/h7-8,10H,1-4,6H2. The van der Waals surface area contributed by atoms with Crippen LogP contribution in [0.3, 0.4) is 0 Å². The first-order valence-electron chi connectivity index (χ1n) is 5.45. The molecule has 0 N–H and O–H groups in total. The number of aromatic nitrogens is 1. The second kappa shape index (κ2) is 5.75. The maximum absolute atomic E-state index is 12.0. The van der Waals surface area contributed by atoms with Gasteiger partial charge in [-0.05, 0) is 6.42 Å². The topological polar surface area (TPSA) is 66.2 Å². The summed E-state index contributed by atoms with van der Waals surface area (Å²) in [5.41, 5.74) is 2.69. The third-order valence-electron chi connectivity index (χ3n) is 2.68. The predicted octanol–water partition coefficient (Wildman–Crippen LogP) is 0.827. The van der Waals surface area contributed by atoms with Gasteiger partial charge in [0.05, 0.1) is 30.5 Å². The van der Waals surface area contributed by atoms with E-state index in [1.54, 1.807) is 10.4 Å². The van der Waals surface area contributed by atoms with Crippen LogP contribution < -0.4 is 0 Å². The Morgan fingerprint density at radius 2 is 2.65 bits per heavy atom. The van der Waals surface area contributed by atoms with E-state index in [4.69, 9.17) is 10.00 Å². The molecule has 0 saturated carbocycles. The molecule has 2 heterocycles. The number of morpholine rings is 1. The minimum Gasteiger partial charge on any atom is -0.376 e. The molecule has 17 heavy (non-hydrogen) atoms. The first-order chi connectivity index (χ1) is 8.31. The quantitative estimate of drug-likeness (QED) is 0.798. The van der Waals surface area contributed by atoms with Gasteiger partial charge in [-0.1, -0.05) is 0 Å². The summed E-state index contributed by atoms with van der Waals surface area (Å²) in [7, 11) is 0. The Bertz CT molecular complexity index is 413. The average Bonchev–Trinajstić information content (AvgIpc) is 2.89. The van der Waals surface area contributed by atoms with Crippen LogP contribution in [0.25, 0.3) is 0 Å².